The maximum absolute atomic E-state index is 13.4. The van der Waals surface area contributed by atoms with Gasteiger partial charge in [-0.2, -0.15) is 0 Å². The fourth-order valence-electron chi connectivity index (χ4n) is 3.57. The number of nitrogens with zero attached hydrogens (tertiary/aromatic N) is 1. The predicted octanol–water partition coefficient (Wildman–Crippen LogP) is 5.52. The number of halogens is 1. The number of nitrogens with one attached hydrogen (secondary N) is 1. The summed E-state index contributed by atoms with van der Waals surface area (Å²) in [5.74, 6) is 0.372. The average Bonchev–Trinajstić information content (AvgIpc) is 2.83. The van der Waals surface area contributed by atoms with Crippen LogP contribution in [0.15, 0.2) is 83.8 Å². The smallest absolute Gasteiger partial charge is 0.242 e. The van der Waals surface area contributed by atoms with Crippen molar-refractivity contribution in [3.63, 3.8) is 0 Å². The van der Waals surface area contributed by atoms with Gasteiger partial charge in [-0.25, -0.2) is 0 Å². The summed E-state index contributed by atoms with van der Waals surface area (Å²) in [5, 5.41) is 3.32. The van der Waals surface area contributed by atoms with Crippen LogP contribution in [0.5, 0.6) is 0 Å². The Hall–Kier alpha value is -2.76. The Morgan fingerprint density at radius 3 is 2.30 bits per heavy atom. The van der Waals surface area contributed by atoms with Gasteiger partial charge in [0, 0.05) is 42.1 Å². The second kappa shape index (κ2) is 12.5. The molecule has 0 aromatic heterocycles. The first-order valence-corrected chi connectivity index (χ1v) is 12.3. The molecule has 0 aliphatic carbocycles. The van der Waals surface area contributed by atoms with Gasteiger partial charge >= 0.3 is 0 Å². The molecular weight excluding hydrogens is 452 g/mol. The van der Waals surface area contributed by atoms with Crippen LogP contribution in [0.4, 0.5) is 0 Å². The Kier molecular flexibility index (Phi) is 9.40. The second-order valence-corrected chi connectivity index (χ2v) is 9.42. The quantitative estimate of drug-likeness (QED) is 0.389. The molecule has 3 aromatic rings. The third-order valence-corrected chi connectivity index (χ3v) is 6.80. The van der Waals surface area contributed by atoms with Crippen LogP contribution >= 0.6 is 23.4 Å². The zero-order valence-corrected chi connectivity index (χ0v) is 20.5. The summed E-state index contributed by atoms with van der Waals surface area (Å²) in [7, 11) is 1.60. The number of rotatable bonds is 10. The molecule has 3 rings (SSSR count). The summed E-state index contributed by atoms with van der Waals surface area (Å²) < 4.78 is 0. The molecule has 1 atom stereocenters. The maximum Gasteiger partial charge on any atom is 0.242 e. The number of aryl methyl sites for hydroxylation is 1. The minimum atomic E-state index is -0.634. The van der Waals surface area contributed by atoms with Crippen molar-refractivity contribution in [2.24, 2.45) is 0 Å². The SMILES string of the molecule is CNC(=O)C(Cc1ccccc1)N(Cc1ccccc1Cl)C(=O)CCSc1ccc(C)cc1. The highest BCUT2D eigenvalue weighted by Crippen LogP contribution is 2.23. The monoisotopic (exact) mass is 480 g/mol. The molecule has 0 aliphatic heterocycles. The van der Waals surface area contributed by atoms with Crippen molar-refractivity contribution in [2.45, 2.75) is 37.2 Å². The van der Waals surface area contributed by atoms with E-state index in [1.165, 1.54) is 5.56 Å². The van der Waals surface area contributed by atoms with Crippen molar-refractivity contribution in [3.05, 3.63) is 101 Å². The van der Waals surface area contributed by atoms with Gasteiger partial charge in [0.25, 0.3) is 0 Å². The third kappa shape index (κ3) is 7.37. The van der Waals surface area contributed by atoms with Gasteiger partial charge in [-0.1, -0.05) is 77.8 Å². The highest BCUT2D eigenvalue weighted by molar-refractivity contribution is 7.99. The van der Waals surface area contributed by atoms with Crippen molar-refractivity contribution in [3.8, 4) is 0 Å². The van der Waals surface area contributed by atoms with E-state index in [1.54, 1.807) is 29.8 Å². The molecule has 1 N–H and O–H groups in total. The predicted molar refractivity (Wildman–Crippen MR) is 137 cm³/mol. The zero-order valence-electron chi connectivity index (χ0n) is 19.0. The summed E-state index contributed by atoms with van der Waals surface area (Å²) in [4.78, 5) is 29.2. The Labute approximate surface area is 205 Å². The standard InChI is InChI=1S/C27H29ClN2O2S/c1-20-12-14-23(15-13-20)33-17-16-26(31)30(19-22-10-6-7-11-24(22)28)25(27(32)29-2)18-21-8-4-3-5-9-21/h3-15,25H,16-19H2,1-2H3,(H,29,32). The lowest BCUT2D eigenvalue weighted by molar-refractivity contribution is -0.140. The molecule has 0 saturated heterocycles. The number of likely N-dealkylation sites (N-methyl/N-ethyl adjacent to an activating group) is 1. The van der Waals surface area contributed by atoms with Gasteiger partial charge in [-0.3, -0.25) is 9.59 Å². The molecule has 0 heterocycles. The van der Waals surface area contributed by atoms with Crippen molar-refractivity contribution in [1.29, 1.82) is 0 Å². The number of carbonyl (C=O) groups excluding carboxylic acids is 2. The first-order valence-electron chi connectivity index (χ1n) is 11.0. The summed E-state index contributed by atoms with van der Waals surface area (Å²) in [6.45, 7) is 2.33. The molecular formula is C27H29ClN2O2S. The van der Waals surface area contributed by atoms with Crippen LogP contribution in [-0.4, -0.2) is 35.6 Å². The number of benzene rings is 3. The maximum atomic E-state index is 13.4. The van der Waals surface area contributed by atoms with Crippen LogP contribution in [0.2, 0.25) is 5.02 Å². The van der Waals surface area contributed by atoms with Crippen molar-refractivity contribution >= 4 is 35.2 Å². The van der Waals surface area contributed by atoms with Crippen molar-refractivity contribution in [2.75, 3.05) is 12.8 Å². The Balaban J connectivity index is 1.81. The Morgan fingerprint density at radius 1 is 0.970 bits per heavy atom. The highest BCUT2D eigenvalue weighted by Gasteiger charge is 2.30. The molecule has 6 heteroatoms. The molecule has 3 aromatic carbocycles. The number of carbonyl (C=O) groups is 2. The average molecular weight is 481 g/mol. The topological polar surface area (TPSA) is 49.4 Å². The summed E-state index contributed by atoms with van der Waals surface area (Å²) in [6.07, 6.45) is 0.757. The third-order valence-electron chi connectivity index (χ3n) is 5.42. The van der Waals surface area contributed by atoms with E-state index in [2.05, 4.69) is 36.5 Å². The van der Waals surface area contributed by atoms with Gasteiger partial charge in [0.05, 0.1) is 0 Å². The van der Waals surface area contributed by atoms with Crippen LogP contribution in [-0.2, 0) is 22.6 Å². The van der Waals surface area contributed by atoms with Gasteiger partial charge in [0.2, 0.25) is 11.8 Å². The summed E-state index contributed by atoms with van der Waals surface area (Å²) in [6, 6.07) is 24.8. The van der Waals surface area contributed by atoms with Crippen LogP contribution < -0.4 is 5.32 Å². The number of amides is 2. The van der Waals surface area contributed by atoms with Gasteiger partial charge in [0.1, 0.15) is 6.04 Å². The van der Waals surface area contributed by atoms with Crippen LogP contribution in [0, 0.1) is 6.92 Å². The van der Waals surface area contributed by atoms with E-state index in [-0.39, 0.29) is 18.4 Å². The van der Waals surface area contributed by atoms with E-state index < -0.39 is 6.04 Å². The number of hydrogen-bond acceptors (Lipinski definition) is 3. The molecule has 0 spiro atoms. The molecule has 0 fully saturated rings. The van der Waals surface area contributed by atoms with E-state index in [4.69, 9.17) is 11.6 Å². The molecule has 1 unspecified atom stereocenters. The number of hydrogen-bond donors (Lipinski definition) is 1. The van der Waals surface area contributed by atoms with Gasteiger partial charge in [0.15, 0.2) is 0 Å². The molecule has 0 saturated carbocycles. The van der Waals surface area contributed by atoms with Gasteiger partial charge < -0.3 is 10.2 Å². The normalized spacial score (nSPS) is 11.6. The second-order valence-electron chi connectivity index (χ2n) is 7.84. The van der Waals surface area contributed by atoms with E-state index in [9.17, 15) is 9.59 Å². The molecule has 0 bridgehead atoms. The Morgan fingerprint density at radius 2 is 1.64 bits per heavy atom. The van der Waals surface area contributed by atoms with Crippen molar-refractivity contribution in [1.82, 2.24) is 10.2 Å². The largest absolute Gasteiger partial charge is 0.357 e. The first-order chi connectivity index (χ1) is 16.0. The van der Waals surface area contributed by atoms with E-state index in [0.717, 1.165) is 16.0 Å². The fraction of sp³-hybridized carbons (Fsp3) is 0.259. The molecule has 0 aliphatic rings. The summed E-state index contributed by atoms with van der Waals surface area (Å²) in [5.41, 5.74) is 3.02. The minimum absolute atomic E-state index is 0.0703. The molecule has 4 nitrogen and oxygen atoms in total. The first kappa shape index (κ1) is 24.9. The number of thioether (sulfide) groups is 1. The zero-order chi connectivity index (χ0) is 23.6. The lowest BCUT2D eigenvalue weighted by Crippen LogP contribution is -2.49. The van der Waals surface area contributed by atoms with Crippen LogP contribution in [0.3, 0.4) is 0 Å². The van der Waals surface area contributed by atoms with E-state index in [0.29, 0.717) is 23.6 Å². The van der Waals surface area contributed by atoms with Crippen molar-refractivity contribution < 1.29 is 9.59 Å². The lowest BCUT2D eigenvalue weighted by Gasteiger charge is -2.31. The summed E-state index contributed by atoms with van der Waals surface area (Å²) >= 11 is 8.05. The molecule has 0 radical (unpaired) electrons. The van der Waals surface area contributed by atoms with Gasteiger partial charge in [-0.05, 0) is 36.2 Å². The highest BCUT2D eigenvalue weighted by atomic mass is 35.5. The molecule has 33 heavy (non-hydrogen) atoms. The Bertz CT molecular complexity index is 1060. The fourth-order valence-corrected chi connectivity index (χ4v) is 4.60. The van der Waals surface area contributed by atoms with E-state index in [1.807, 2.05) is 48.5 Å². The molecule has 2 amide bonds. The lowest BCUT2D eigenvalue weighted by atomic mass is 10.0. The van der Waals surface area contributed by atoms with Gasteiger partial charge in [-0.15, -0.1) is 11.8 Å². The minimum Gasteiger partial charge on any atom is -0.357 e. The molecule has 172 valence electrons. The van der Waals surface area contributed by atoms with E-state index >= 15 is 0 Å². The van der Waals surface area contributed by atoms with Crippen LogP contribution in [0.25, 0.3) is 0 Å². The van der Waals surface area contributed by atoms with Crippen LogP contribution in [0.1, 0.15) is 23.1 Å².